The summed E-state index contributed by atoms with van der Waals surface area (Å²) in [7, 11) is -1.90. The fraction of sp³-hybridized carbons (Fsp3) is 0.286. The molecule has 0 atom stereocenters. The van der Waals surface area contributed by atoms with Crippen LogP contribution in [0, 0.1) is 6.92 Å². The van der Waals surface area contributed by atoms with Gasteiger partial charge in [0.2, 0.25) is 0 Å². The molecule has 0 aromatic heterocycles. The number of ether oxygens (including phenoxy) is 3. The van der Waals surface area contributed by atoms with Crippen LogP contribution in [0.2, 0.25) is 0 Å². The minimum absolute atomic E-state index is 0.0584. The van der Waals surface area contributed by atoms with Crippen LogP contribution in [0.5, 0.6) is 5.75 Å². The third-order valence-corrected chi connectivity index (χ3v) is 6.53. The SMILES string of the molecule is CNc1ccc(/C=N/N=C/c2ccc(OCCOCCOCCOS(=O)(=O)c3ccc(C)cc3)cc2)cc1. The molecule has 0 aliphatic rings. The van der Waals surface area contributed by atoms with E-state index in [0.29, 0.717) is 26.4 Å². The van der Waals surface area contributed by atoms with E-state index in [-0.39, 0.29) is 18.1 Å². The molecule has 3 aromatic rings. The van der Waals surface area contributed by atoms with Gasteiger partial charge in [0.25, 0.3) is 10.1 Å². The van der Waals surface area contributed by atoms with Gasteiger partial charge in [-0.2, -0.15) is 18.6 Å². The van der Waals surface area contributed by atoms with E-state index < -0.39 is 10.1 Å². The highest BCUT2D eigenvalue weighted by Crippen LogP contribution is 2.13. The van der Waals surface area contributed by atoms with Gasteiger partial charge in [0.15, 0.2) is 0 Å². The van der Waals surface area contributed by atoms with E-state index in [1.807, 2.05) is 62.5 Å². The fourth-order valence-corrected chi connectivity index (χ4v) is 3.99. The number of benzene rings is 3. The molecule has 0 heterocycles. The van der Waals surface area contributed by atoms with Gasteiger partial charge in [-0.15, -0.1) is 0 Å². The van der Waals surface area contributed by atoms with Crippen molar-refractivity contribution < 1.29 is 26.8 Å². The predicted octanol–water partition coefficient (Wildman–Crippen LogP) is 4.31. The molecule has 0 aliphatic heterocycles. The first-order valence-corrected chi connectivity index (χ1v) is 13.6. The highest BCUT2D eigenvalue weighted by atomic mass is 32.2. The average Bonchev–Trinajstić information content (AvgIpc) is 2.93. The van der Waals surface area contributed by atoms with Gasteiger partial charge in [-0.1, -0.05) is 29.8 Å². The van der Waals surface area contributed by atoms with E-state index in [1.165, 1.54) is 12.1 Å². The summed E-state index contributed by atoms with van der Waals surface area (Å²) in [6, 6.07) is 21.9. The van der Waals surface area contributed by atoms with Gasteiger partial charge in [0, 0.05) is 12.7 Å². The quantitative estimate of drug-likeness (QED) is 0.125. The van der Waals surface area contributed by atoms with Crippen molar-refractivity contribution in [1.29, 1.82) is 0 Å². The third-order valence-electron chi connectivity index (χ3n) is 5.20. The zero-order valence-corrected chi connectivity index (χ0v) is 22.4. The molecule has 0 unspecified atom stereocenters. The smallest absolute Gasteiger partial charge is 0.297 e. The molecule has 0 spiro atoms. The molecule has 0 aliphatic carbocycles. The molecular formula is C28H33N3O6S. The van der Waals surface area contributed by atoms with Crippen LogP contribution in [0.25, 0.3) is 0 Å². The average molecular weight is 540 g/mol. The molecule has 0 saturated carbocycles. The Morgan fingerprint density at radius 2 is 1.24 bits per heavy atom. The summed E-state index contributed by atoms with van der Waals surface area (Å²) in [5.41, 5.74) is 3.90. The summed E-state index contributed by atoms with van der Waals surface area (Å²) < 4.78 is 45.6. The second-order valence-corrected chi connectivity index (χ2v) is 9.71. The van der Waals surface area contributed by atoms with E-state index >= 15 is 0 Å². The molecule has 1 N–H and O–H groups in total. The third kappa shape index (κ3) is 10.4. The van der Waals surface area contributed by atoms with Crippen LogP contribution < -0.4 is 10.1 Å². The van der Waals surface area contributed by atoms with Gasteiger partial charge in [-0.05, 0) is 66.6 Å². The van der Waals surface area contributed by atoms with Crippen molar-refractivity contribution in [2.24, 2.45) is 10.2 Å². The number of rotatable bonds is 16. The molecule has 0 bridgehead atoms. The number of nitrogens with one attached hydrogen (secondary N) is 1. The van der Waals surface area contributed by atoms with E-state index in [1.54, 1.807) is 24.6 Å². The van der Waals surface area contributed by atoms with Crippen molar-refractivity contribution in [3.63, 3.8) is 0 Å². The molecule has 3 rings (SSSR count). The molecule has 0 amide bonds. The fourth-order valence-electron chi connectivity index (χ4n) is 3.10. The maximum absolute atomic E-state index is 12.1. The maximum atomic E-state index is 12.1. The Hall–Kier alpha value is -3.57. The van der Waals surface area contributed by atoms with Crippen LogP contribution in [0.1, 0.15) is 16.7 Å². The standard InChI is InChI=1S/C28H33N3O6S/c1-23-3-13-28(14-4-23)38(32,33)37-20-18-35-16-15-34-17-19-36-27-11-7-25(8-12-27)22-31-30-21-24-5-9-26(29-2)10-6-24/h3-14,21-22,29H,15-20H2,1-2H3/b30-21+,31-22+. The van der Waals surface area contributed by atoms with Crippen molar-refractivity contribution in [3.05, 3.63) is 89.5 Å². The Balaban J connectivity index is 1.22. The summed E-state index contributed by atoms with van der Waals surface area (Å²) >= 11 is 0. The lowest BCUT2D eigenvalue weighted by Gasteiger charge is -2.09. The van der Waals surface area contributed by atoms with Crippen molar-refractivity contribution in [2.45, 2.75) is 11.8 Å². The van der Waals surface area contributed by atoms with Crippen molar-refractivity contribution >= 4 is 28.2 Å². The molecule has 0 fully saturated rings. The molecule has 10 heteroatoms. The Bertz CT molecular complexity index is 1260. The topological polar surface area (TPSA) is 108 Å². The number of aryl methyl sites for hydroxylation is 1. The van der Waals surface area contributed by atoms with Crippen LogP contribution in [-0.2, 0) is 23.8 Å². The van der Waals surface area contributed by atoms with E-state index in [2.05, 4.69) is 15.5 Å². The predicted molar refractivity (Wildman–Crippen MR) is 149 cm³/mol. The second kappa shape index (κ2) is 15.6. The summed E-state index contributed by atoms with van der Waals surface area (Å²) in [6.07, 6.45) is 3.37. The van der Waals surface area contributed by atoms with Crippen LogP contribution in [0.4, 0.5) is 5.69 Å². The van der Waals surface area contributed by atoms with Crippen LogP contribution in [-0.4, -0.2) is 67.5 Å². The molecular weight excluding hydrogens is 506 g/mol. The highest BCUT2D eigenvalue weighted by molar-refractivity contribution is 7.86. The summed E-state index contributed by atoms with van der Waals surface area (Å²) in [5, 5.41) is 11.2. The number of anilines is 1. The summed E-state index contributed by atoms with van der Waals surface area (Å²) in [4.78, 5) is 0.130. The molecule has 3 aromatic carbocycles. The van der Waals surface area contributed by atoms with Crippen molar-refractivity contribution in [1.82, 2.24) is 0 Å². The number of hydrogen-bond donors (Lipinski definition) is 1. The van der Waals surface area contributed by atoms with Gasteiger partial charge in [-0.25, -0.2) is 0 Å². The minimum Gasteiger partial charge on any atom is -0.491 e. The number of nitrogens with zero attached hydrogens (tertiary/aromatic N) is 2. The van der Waals surface area contributed by atoms with Gasteiger partial charge in [0.1, 0.15) is 12.4 Å². The van der Waals surface area contributed by atoms with Crippen molar-refractivity contribution in [2.75, 3.05) is 52.0 Å². The Labute approximate surface area is 224 Å². The normalized spacial score (nSPS) is 11.8. The van der Waals surface area contributed by atoms with Gasteiger partial charge in [-0.3, -0.25) is 4.18 Å². The Kier molecular flexibility index (Phi) is 11.9. The first-order valence-electron chi connectivity index (χ1n) is 12.1. The molecule has 0 radical (unpaired) electrons. The van der Waals surface area contributed by atoms with Gasteiger partial charge < -0.3 is 19.5 Å². The summed E-state index contributed by atoms with van der Waals surface area (Å²) in [6.45, 7) is 3.46. The Morgan fingerprint density at radius 1 is 0.711 bits per heavy atom. The number of hydrogen-bond acceptors (Lipinski definition) is 9. The van der Waals surface area contributed by atoms with E-state index in [4.69, 9.17) is 18.4 Å². The lowest BCUT2D eigenvalue weighted by molar-refractivity contribution is 0.0279. The lowest BCUT2D eigenvalue weighted by Crippen LogP contribution is -2.14. The molecule has 38 heavy (non-hydrogen) atoms. The minimum atomic E-state index is -3.77. The first kappa shape index (κ1) is 29.0. The first-order chi connectivity index (χ1) is 18.5. The molecule has 0 saturated heterocycles. The molecule has 9 nitrogen and oxygen atoms in total. The van der Waals surface area contributed by atoms with Crippen LogP contribution in [0.15, 0.2) is 87.9 Å². The zero-order valence-electron chi connectivity index (χ0n) is 21.6. The molecule has 202 valence electrons. The van der Waals surface area contributed by atoms with Gasteiger partial charge >= 0.3 is 0 Å². The Morgan fingerprint density at radius 3 is 1.82 bits per heavy atom. The van der Waals surface area contributed by atoms with Gasteiger partial charge in [0.05, 0.1) is 50.4 Å². The highest BCUT2D eigenvalue weighted by Gasteiger charge is 2.14. The summed E-state index contributed by atoms with van der Waals surface area (Å²) in [5.74, 6) is 0.724. The van der Waals surface area contributed by atoms with Crippen LogP contribution in [0.3, 0.4) is 0 Å². The largest absolute Gasteiger partial charge is 0.491 e. The van der Waals surface area contributed by atoms with E-state index in [9.17, 15) is 8.42 Å². The van der Waals surface area contributed by atoms with Crippen molar-refractivity contribution in [3.8, 4) is 5.75 Å². The zero-order chi connectivity index (χ0) is 27.1. The van der Waals surface area contributed by atoms with Crippen LogP contribution >= 0.6 is 0 Å². The monoisotopic (exact) mass is 539 g/mol. The lowest BCUT2D eigenvalue weighted by atomic mass is 10.2. The van der Waals surface area contributed by atoms with E-state index in [0.717, 1.165) is 28.1 Å². The second-order valence-electron chi connectivity index (χ2n) is 8.09. The maximum Gasteiger partial charge on any atom is 0.297 e.